The van der Waals surface area contributed by atoms with Gasteiger partial charge in [-0.25, -0.2) is 0 Å². The van der Waals surface area contributed by atoms with Crippen LogP contribution < -0.4 is 5.32 Å². The molecule has 1 amide bonds. The van der Waals surface area contributed by atoms with Crippen molar-refractivity contribution < 1.29 is 4.79 Å². The molecule has 104 valence electrons. The summed E-state index contributed by atoms with van der Waals surface area (Å²) in [6.07, 6.45) is 0.953. The van der Waals surface area contributed by atoms with E-state index in [1.54, 1.807) is 0 Å². The molecule has 0 aliphatic heterocycles. The van der Waals surface area contributed by atoms with Gasteiger partial charge in [0, 0.05) is 4.83 Å². The first-order valence-corrected chi connectivity index (χ1v) is 8.87. The highest BCUT2D eigenvalue weighted by Crippen LogP contribution is 2.36. The standard InChI is InChI=1S/C15H13Br2NOS/c1-8-6-12(20-14(8)17)15(19)18-13-10-5-3-2-4-9(10)7-11(13)16/h2-6,11,13H,7H2,1H3,(H,18,19). The number of amides is 1. The first kappa shape index (κ1) is 14.3. The number of alkyl halides is 1. The van der Waals surface area contributed by atoms with Gasteiger partial charge in [-0.1, -0.05) is 40.2 Å². The number of carbonyl (C=O) groups is 1. The van der Waals surface area contributed by atoms with Gasteiger partial charge >= 0.3 is 0 Å². The smallest absolute Gasteiger partial charge is 0.261 e. The molecule has 1 aliphatic rings. The molecule has 2 nitrogen and oxygen atoms in total. The zero-order valence-electron chi connectivity index (χ0n) is 10.8. The molecule has 1 aromatic carbocycles. The quantitative estimate of drug-likeness (QED) is 0.714. The van der Waals surface area contributed by atoms with E-state index in [1.165, 1.54) is 22.5 Å². The lowest BCUT2D eigenvalue weighted by atomic mass is 10.1. The minimum absolute atomic E-state index is 0.00467. The number of nitrogens with one attached hydrogen (secondary N) is 1. The van der Waals surface area contributed by atoms with Gasteiger partial charge in [0.05, 0.1) is 14.7 Å². The van der Waals surface area contributed by atoms with E-state index in [0.29, 0.717) is 0 Å². The molecule has 1 aliphatic carbocycles. The number of halogens is 2. The number of benzene rings is 1. The van der Waals surface area contributed by atoms with Crippen molar-refractivity contribution in [1.29, 1.82) is 0 Å². The first-order chi connectivity index (χ1) is 9.56. The molecule has 0 saturated heterocycles. The first-order valence-electron chi connectivity index (χ1n) is 6.35. The SMILES string of the molecule is Cc1cc(C(=O)NC2c3ccccc3CC2Br)sc1Br. The van der Waals surface area contributed by atoms with Gasteiger partial charge < -0.3 is 5.32 Å². The fraction of sp³-hybridized carbons (Fsp3) is 0.267. The van der Waals surface area contributed by atoms with Crippen molar-refractivity contribution in [2.24, 2.45) is 0 Å². The maximum atomic E-state index is 12.4. The van der Waals surface area contributed by atoms with E-state index in [1.807, 2.05) is 25.1 Å². The number of aryl methyl sites for hydroxylation is 1. The third kappa shape index (κ3) is 2.59. The molecule has 1 heterocycles. The van der Waals surface area contributed by atoms with Crippen LogP contribution in [0.2, 0.25) is 0 Å². The molecule has 0 spiro atoms. The average Bonchev–Trinajstić information content (AvgIpc) is 2.91. The van der Waals surface area contributed by atoms with Gasteiger partial charge in [0.15, 0.2) is 0 Å². The summed E-state index contributed by atoms with van der Waals surface area (Å²) in [7, 11) is 0. The summed E-state index contributed by atoms with van der Waals surface area (Å²) >= 11 is 8.63. The van der Waals surface area contributed by atoms with Gasteiger partial charge in [-0.05, 0) is 52.0 Å². The molecule has 3 rings (SSSR count). The van der Waals surface area contributed by atoms with Crippen LogP contribution in [-0.4, -0.2) is 10.7 Å². The molecule has 2 atom stereocenters. The van der Waals surface area contributed by atoms with Crippen molar-refractivity contribution in [3.8, 4) is 0 Å². The maximum Gasteiger partial charge on any atom is 0.261 e. The van der Waals surface area contributed by atoms with E-state index >= 15 is 0 Å². The molecule has 1 N–H and O–H groups in total. The minimum Gasteiger partial charge on any atom is -0.343 e. The van der Waals surface area contributed by atoms with E-state index in [9.17, 15) is 4.79 Å². The van der Waals surface area contributed by atoms with Crippen molar-refractivity contribution in [2.45, 2.75) is 24.2 Å². The van der Waals surface area contributed by atoms with Crippen molar-refractivity contribution in [1.82, 2.24) is 5.32 Å². The van der Waals surface area contributed by atoms with Gasteiger partial charge in [0.2, 0.25) is 0 Å². The van der Waals surface area contributed by atoms with Crippen LogP contribution in [0.3, 0.4) is 0 Å². The number of hydrogen-bond donors (Lipinski definition) is 1. The molecule has 0 radical (unpaired) electrons. The molecule has 5 heteroatoms. The summed E-state index contributed by atoms with van der Waals surface area (Å²) < 4.78 is 1.02. The van der Waals surface area contributed by atoms with E-state index in [2.05, 4.69) is 49.3 Å². The van der Waals surface area contributed by atoms with Crippen LogP contribution in [-0.2, 0) is 6.42 Å². The van der Waals surface area contributed by atoms with Crippen molar-refractivity contribution in [3.63, 3.8) is 0 Å². The molecule has 2 aromatic rings. The number of hydrogen-bond acceptors (Lipinski definition) is 2. The van der Waals surface area contributed by atoms with Gasteiger partial charge in [0.25, 0.3) is 5.91 Å². The van der Waals surface area contributed by atoms with Crippen LogP contribution in [0.15, 0.2) is 34.1 Å². The third-order valence-electron chi connectivity index (χ3n) is 3.53. The summed E-state index contributed by atoms with van der Waals surface area (Å²) in [5.41, 5.74) is 3.63. The Morgan fingerprint density at radius 3 is 2.85 bits per heavy atom. The van der Waals surface area contributed by atoms with Crippen LogP contribution >= 0.6 is 43.2 Å². The second kappa shape index (κ2) is 5.62. The summed E-state index contributed by atoms with van der Waals surface area (Å²) in [6, 6.07) is 10.3. The Morgan fingerprint density at radius 2 is 2.15 bits per heavy atom. The zero-order chi connectivity index (χ0) is 14.3. The lowest BCUT2D eigenvalue weighted by Crippen LogP contribution is -2.31. The predicted octanol–water partition coefficient (Wildman–Crippen LogP) is 4.61. The Hall–Kier alpha value is -0.650. The highest BCUT2D eigenvalue weighted by molar-refractivity contribution is 9.11. The molecule has 0 fully saturated rings. The molecular formula is C15H13Br2NOS. The second-order valence-corrected chi connectivity index (χ2v) is 8.48. The minimum atomic E-state index is -0.00467. The lowest BCUT2D eigenvalue weighted by Gasteiger charge is -2.17. The number of thiophene rings is 1. The summed E-state index contributed by atoms with van der Waals surface area (Å²) in [6.45, 7) is 2.00. The van der Waals surface area contributed by atoms with Crippen LogP contribution in [0.25, 0.3) is 0 Å². The molecule has 1 aromatic heterocycles. The van der Waals surface area contributed by atoms with Crippen molar-refractivity contribution in [2.75, 3.05) is 0 Å². The van der Waals surface area contributed by atoms with Gasteiger partial charge in [-0.2, -0.15) is 0 Å². The van der Waals surface area contributed by atoms with E-state index in [4.69, 9.17) is 0 Å². The van der Waals surface area contributed by atoms with Crippen LogP contribution in [0, 0.1) is 6.92 Å². The fourth-order valence-corrected chi connectivity index (χ4v) is 4.70. The van der Waals surface area contributed by atoms with Crippen molar-refractivity contribution in [3.05, 3.63) is 55.7 Å². The summed E-state index contributed by atoms with van der Waals surface area (Å²) in [5.74, 6) is -0.00467. The van der Waals surface area contributed by atoms with Gasteiger partial charge in [0.1, 0.15) is 0 Å². The maximum absolute atomic E-state index is 12.4. The van der Waals surface area contributed by atoms with Crippen LogP contribution in [0.1, 0.15) is 32.4 Å². The molecular weight excluding hydrogens is 402 g/mol. The molecule has 0 bridgehead atoms. The fourth-order valence-electron chi connectivity index (χ4n) is 2.50. The number of fused-ring (bicyclic) bond motifs is 1. The Labute approximate surface area is 138 Å². The van der Waals surface area contributed by atoms with Crippen LogP contribution in [0.4, 0.5) is 0 Å². The summed E-state index contributed by atoms with van der Waals surface area (Å²) in [4.78, 5) is 13.4. The van der Waals surface area contributed by atoms with E-state index < -0.39 is 0 Å². The predicted molar refractivity (Wildman–Crippen MR) is 89.8 cm³/mol. The highest BCUT2D eigenvalue weighted by atomic mass is 79.9. The molecule has 0 saturated carbocycles. The number of carbonyl (C=O) groups excluding carboxylic acids is 1. The van der Waals surface area contributed by atoms with Crippen molar-refractivity contribution >= 4 is 49.1 Å². The van der Waals surface area contributed by atoms with Gasteiger partial charge in [-0.3, -0.25) is 4.79 Å². The topological polar surface area (TPSA) is 29.1 Å². The molecule has 2 unspecified atom stereocenters. The largest absolute Gasteiger partial charge is 0.343 e. The second-order valence-electron chi connectivity index (χ2n) is 4.94. The Morgan fingerprint density at radius 1 is 1.40 bits per heavy atom. The monoisotopic (exact) mass is 413 g/mol. The lowest BCUT2D eigenvalue weighted by molar-refractivity contribution is 0.0942. The highest BCUT2D eigenvalue weighted by Gasteiger charge is 2.32. The van der Waals surface area contributed by atoms with E-state index in [-0.39, 0.29) is 16.8 Å². The average molecular weight is 415 g/mol. The third-order valence-corrected chi connectivity index (χ3v) is 6.52. The van der Waals surface area contributed by atoms with Gasteiger partial charge in [-0.15, -0.1) is 11.3 Å². The Kier molecular flexibility index (Phi) is 4.02. The van der Waals surface area contributed by atoms with E-state index in [0.717, 1.165) is 20.6 Å². The normalized spacial score (nSPS) is 20.8. The molecule has 20 heavy (non-hydrogen) atoms. The van der Waals surface area contributed by atoms with Crippen LogP contribution in [0.5, 0.6) is 0 Å². The summed E-state index contributed by atoms with van der Waals surface area (Å²) in [5, 5.41) is 3.15. The Bertz CT molecular complexity index is 648. The number of rotatable bonds is 2. The Balaban J connectivity index is 1.83. The zero-order valence-corrected chi connectivity index (χ0v) is 14.8.